The monoisotopic (exact) mass is 249 g/mol. The molecule has 0 spiro atoms. The van der Waals surface area contributed by atoms with Gasteiger partial charge in [-0.05, 0) is 30.4 Å². The van der Waals surface area contributed by atoms with Gasteiger partial charge in [0, 0.05) is 6.42 Å². The summed E-state index contributed by atoms with van der Waals surface area (Å²) < 4.78 is 0.950. The number of nitrogens with zero attached hydrogens (tertiary/aromatic N) is 1. The lowest BCUT2D eigenvalue weighted by atomic mass is 9.84. The van der Waals surface area contributed by atoms with Crippen LogP contribution >= 0.6 is 0 Å². The number of allylic oxidation sites excluding steroid dienone is 1. The average Bonchev–Trinajstić information content (AvgIpc) is 2.25. The highest BCUT2D eigenvalue weighted by Gasteiger charge is 2.34. The molecule has 0 aromatic rings. The number of nitrogens with one attached hydrogen (secondary N) is 1. The molecule has 1 atom stereocenters. The fourth-order valence-electron chi connectivity index (χ4n) is 3.34. The number of carbonyl (C=O) groups excluding carboxylic acids is 1. The SMILES string of the molecule is C=C1C[N+](C)(C)CC(C2=C(CC)C(=O)CCC2)N1. The highest BCUT2D eigenvalue weighted by molar-refractivity contribution is 5.97. The number of hydrogen-bond donors (Lipinski definition) is 1. The van der Waals surface area contributed by atoms with Gasteiger partial charge in [-0.1, -0.05) is 13.5 Å². The van der Waals surface area contributed by atoms with Crippen molar-refractivity contribution in [3.63, 3.8) is 0 Å². The summed E-state index contributed by atoms with van der Waals surface area (Å²) in [6, 6.07) is 0.306. The van der Waals surface area contributed by atoms with Crippen molar-refractivity contribution in [2.75, 3.05) is 27.2 Å². The Morgan fingerprint density at radius 1 is 1.39 bits per heavy atom. The molecule has 1 N–H and O–H groups in total. The molecule has 2 rings (SSSR count). The van der Waals surface area contributed by atoms with Crippen LogP contribution in [-0.4, -0.2) is 43.5 Å². The van der Waals surface area contributed by atoms with E-state index in [4.69, 9.17) is 0 Å². The van der Waals surface area contributed by atoms with Gasteiger partial charge in [0.15, 0.2) is 5.78 Å². The van der Waals surface area contributed by atoms with E-state index in [0.717, 1.165) is 54.5 Å². The third kappa shape index (κ3) is 2.66. The third-order valence-corrected chi connectivity index (χ3v) is 4.02. The van der Waals surface area contributed by atoms with Gasteiger partial charge in [0.1, 0.15) is 13.1 Å². The second kappa shape index (κ2) is 4.88. The molecule has 0 aromatic carbocycles. The van der Waals surface area contributed by atoms with Crippen LogP contribution in [0.15, 0.2) is 23.4 Å². The second-order valence-corrected chi connectivity index (χ2v) is 6.21. The molecule has 1 aliphatic heterocycles. The van der Waals surface area contributed by atoms with Crippen molar-refractivity contribution in [3.8, 4) is 0 Å². The highest BCUT2D eigenvalue weighted by atomic mass is 16.1. The van der Waals surface area contributed by atoms with Crippen LogP contribution in [0.3, 0.4) is 0 Å². The van der Waals surface area contributed by atoms with Crippen LogP contribution in [0.5, 0.6) is 0 Å². The summed E-state index contributed by atoms with van der Waals surface area (Å²) in [7, 11) is 4.46. The second-order valence-electron chi connectivity index (χ2n) is 6.21. The lowest BCUT2D eigenvalue weighted by Gasteiger charge is -2.42. The van der Waals surface area contributed by atoms with Gasteiger partial charge in [0.25, 0.3) is 0 Å². The summed E-state index contributed by atoms with van der Waals surface area (Å²) in [5.41, 5.74) is 3.52. The van der Waals surface area contributed by atoms with Gasteiger partial charge in [-0.2, -0.15) is 0 Å². The van der Waals surface area contributed by atoms with Gasteiger partial charge in [0.05, 0.1) is 25.8 Å². The number of Topliss-reactive ketones (excluding diaryl/α,β-unsaturated/α-hetero) is 1. The van der Waals surface area contributed by atoms with Crippen LogP contribution in [0, 0.1) is 0 Å². The predicted octanol–water partition coefficient (Wildman–Crippen LogP) is 2.01. The van der Waals surface area contributed by atoms with Crippen LogP contribution in [0.1, 0.15) is 32.6 Å². The molecular formula is C15H25N2O+. The molecule has 0 aromatic heterocycles. The van der Waals surface area contributed by atoms with E-state index >= 15 is 0 Å². The van der Waals surface area contributed by atoms with Gasteiger partial charge in [0.2, 0.25) is 0 Å². The summed E-state index contributed by atoms with van der Waals surface area (Å²) in [6.45, 7) is 8.20. The van der Waals surface area contributed by atoms with Gasteiger partial charge in [-0.3, -0.25) is 4.79 Å². The number of carbonyl (C=O) groups is 1. The Morgan fingerprint density at radius 2 is 2.11 bits per heavy atom. The summed E-state index contributed by atoms with van der Waals surface area (Å²) in [5, 5.41) is 3.51. The molecule has 2 aliphatic rings. The molecule has 0 radical (unpaired) electrons. The van der Waals surface area contributed by atoms with E-state index in [9.17, 15) is 4.79 Å². The van der Waals surface area contributed by atoms with Crippen molar-refractivity contribution in [2.45, 2.75) is 38.6 Å². The molecule has 0 saturated carbocycles. The minimum Gasteiger partial charge on any atom is -0.373 e. The first kappa shape index (κ1) is 13.3. The van der Waals surface area contributed by atoms with E-state index in [2.05, 4.69) is 32.9 Å². The van der Waals surface area contributed by atoms with E-state index in [1.165, 1.54) is 5.57 Å². The Labute approximate surface area is 110 Å². The van der Waals surface area contributed by atoms with E-state index in [-0.39, 0.29) is 0 Å². The molecule has 0 amide bonds. The van der Waals surface area contributed by atoms with Gasteiger partial charge in [-0.15, -0.1) is 0 Å². The van der Waals surface area contributed by atoms with E-state index in [0.29, 0.717) is 11.8 Å². The Hall–Kier alpha value is -1.09. The van der Waals surface area contributed by atoms with Crippen molar-refractivity contribution in [1.29, 1.82) is 0 Å². The maximum Gasteiger partial charge on any atom is 0.158 e. The zero-order valence-corrected chi connectivity index (χ0v) is 11.9. The number of ketones is 1. The molecule has 1 saturated heterocycles. The molecule has 1 heterocycles. The Balaban J connectivity index is 2.29. The average molecular weight is 249 g/mol. The van der Waals surface area contributed by atoms with E-state index < -0.39 is 0 Å². The number of likely N-dealkylation sites (N-methyl/N-ethyl adjacent to an activating group) is 1. The van der Waals surface area contributed by atoms with Gasteiger partial charge >= 0.3 is 0 Å². The normalized spacial score (nSPS) is 28.3. The van der Waals surface area contributed by atoms with Crippen LogP contribution in [0.25, 0.3) is 0 Å². The van der Waals surface area contributed by atoms with Crippen LogP contribution in [0.4, 0.5) is 0 Å². The maximum absolute atomic E-state index is 12.0. The number of rotatable bonds is 2. The summed E-state index contributed by atoms with van der Waals surface area (Å²) in [4.78, 5) is 12.0. The number of hydrogen-bond acceptors (Lipinski definition) is 2. The molecule has 1 aliphatic carbocycles. The van der Waals surface area contributed by atoms with Crippen molar-refractivity contribution in [3.05, 3.63) is 23.4 Å². The number of quaternary nitrogens is 1. The maximum atomic E-state index is 12.0. The smallest absolute Gasteiger partial charge is 0.158 e. The van der Waals surface area contributed by atoms with Crippen molar-refractivity contribution in [1.82, 2.24) is 5.32 Å². The molecule has 3 nitrogen and oxygen atoms in total. The lowest BCUT2D eigenvalue weighted by molar-refractivity contribution is -0.890. The Morgan fingerprint density at radius 3 is 2.72 bits per heavy atom. The lowest BCUT2D eigenvalue weighted by Crippen LogP contribution is -2.57. The zero-order chi connectivity index (χ0) is 13.3. The topological polar surface area (TPSA) is 29.1 Å². The molecule has 100 valence electrons. The van der Waals surface area contributed by atoms with Crippen molar-refractivity contribution in [2.24, 2.45) is 0 Å². The molecular weight excluding hydrogens is 224 g/mol. The number of piperazine rings is 1. The quantitative estimate of drug-likeness (QED) is 0.759. The highest BCUT2D eigenvalue weighted by Crippen LogP contribution is 2.29. The van der Waals surface area contributed by atoms with Crippen molar-refractivity contribution < 1.29 is 9.28 Å². The molecule has 0 bridgehead atoms. The predicted molar refractivity (Wildman–Crippen MR) is 74.1 cm³/mol. The Bertz CT molecular complexity index is 407. The van der Waals surface area contributed by atoms with E-state index in [1.54, 1.807) is 0 Å². The minimum absolute atomic E-state index is 0.306. The summed E-state index contributed by atoms with van der Waals surface area (Å²) in [6.07, 6.45) is 3.68. The summed E-state index contributed by atoms with van der Waals surface area (Å²) in [5.74, 6) is 0.363. The Kier molecular flexibility index (Phi) is 3.62. The standard InChI is InChI=1S/C15H25N2O/c1-5-12-13(7-6-8-15(12)18)14-10-17(3,4)9-11(2)16-14/h14,16H,2,5-10H2,1,3-4H3/q+1. The first-order valence-corrected chi connectivity index (χ1v) is 6.94. The fraction of sp³-hybridized carbons (Fsp3) is 0.667. The largest absolute Gasteiger partial charge is 0.373 e. The minimum atomic E-state index is 0.306. The van der Waals surface area contributed by atoms with Crippen LogP contribution in [0.2, 0.25) is 0 Å². The van der Waals surface area contributed by atoms with Crippen molar-refractivity contribution >= 4 is 5.78 Å². The first-order chi connectivity index (χ1) is 8.43. The van der Waals surface area contributed by atoms with Gasteiger partial charge < -0.3 is 9.80 Å². The molecule has 1 fully saturated rings. The van der Waals surface area contributed by atoms with E-state index in [1.807, 2.05) is 0 Å². The summed E-state index contributed by atoms with van der Waals surface area (Å²) >= 11 is 0. The van der Waals surface area contributed by atoms with Crippen LogP contribution < -0.4 is 5.32 Å². The molecule has 3 heteroatoms. The van der Waals surface area contributed by atoms with Crippen LogP contribution in [-0.2, 0) is 4.79 Å². The van der Waals surface area contributed by atoms with Gasteiger partial charge in [-0.25, -0.2) is 0 Å². The third-order valence-electron chi connectivity index (χ3n) is 4.02. The molecule has 1 unspecified atom stereocenters. The molecule has 18 heavy (non-hydrogen) atoms. The fourth-order valence-corrected chi connectivity index (χ4v) is 3.34. The first-order valence-electron chi connectivity index (χ1n) is 6.94. The zero-order valence-electron chi connectivity index (χ0n) is 11.9.